The highest BCUT2D eigenvalue weighted by atomic mass is 28.4. The Kier molecular flexibility index (Phi) is 5.60. The van der Waals surface area contributed by atoms with Crippen LogP contribution in [0, 0.1) is 0 Å². The van der Waals surface area contributed by atoms with Gasteiger partial charge in [-0.1, -0.05) is 32.5 Å². The molecule has 0 bridgehead atoms. The minimum absolute atomic E-state index is 0.00421. The number of methoxy groups -OCH3 is 1. The predicted octanol–water partition coefficient (Wildman–Crippen LogP) is 2.70. The number of esters is 1. The smallest absolute Gasteiger partial charge is 0.363 e. The van der Waals surface area contributed by atoms with Gasteiger partial charge < -0.3 is 14.0 Å². The highest BCUT2D eigenvalue weighted by Gasteiger charge is 2.40. The highest BCUT2D eigenvalue weighted by molar-refractivity contribution is 6.74. The number of ether oxygens (including phenoxy) is 1. The van der Waals surface area contributed by atoms with Crippen molar-refractivity contribution < 1.29 is 18.8 Å². The van der Waals surface area contributed by atoms with E-state index in [-0.39, 0.29) is 16.5 Å². The molecule has 0 unspecified atom stereocenters. The topological polar surface area (TPSA) is 57.1 Å². The lowest BCUT2D eigenvalue weighted by Crippen LogP contribution is -2.42. The second-order valence-electron chi connectivity index (χ2n) is 5.40. The van der Waals surface area contributed by atoms with Gasteiger partial charge in [-0.2, -0.15) is 0 Å². The lowest BCUT2D eigenvalue weighted by molar-refractivity contribution is -0.132. The normalized spacial score (nSPS) is 12.9. The predicted molar refractivity (Wildman–Crippen MR) is 73.9 cm³/mol. The summed E-state index contributed by atoms with van der Waals surface area (Å²) in [5.41, 5.74) is -0.0372. The fraction of sp³-hybridized carbons (Fsp3) is 0.667. The standard InChI is InChI=1S/C12H23NO4Si/c1-9(10(13-16-6)11(14)15-5)17-18(7,8)12(2,3)4/h1H2,2-8H3. The second kappa shape index (κ2) is 6.04. The summed E-state index contributed by atoms with van der Waals surface area (Å²) in [4.78, 5) is 16.1. The zero-order valence-electron chi connectivity index (χ0n) is 12.3. The Hall–Kier alpha value is -1.30. The van der Waals surface area contributed by atoms with Crippen molar-refractivity contribution in [3.63, 3.8) is 0 Å². The Balaban J connectivity index is 5.06. The molecule has 0 N–H and O–H groups in total. The number of nitrogens with zero attached hydrogens (tertiary/aromatic N) is 1. The van der Waals surface area contributed by atoms with Crippen molar-refractivity contribution in [2.24, 2.45) is 5.16 Å². The van der Waals surface area contributed by atoms with Crippen LogP contribution in [0.2, 0.25) is 18.1 Å². The second-order valence-corrected chi connectivity index (χ2v) is 10.1. The minimum Gasteiger partial charge on any atom is -0.542 e. The Morgan fingerprint density at radius 1 is 1.22 bits per heavy atom. The summed E-state index contributed by atoms with van der Waals surface area (Å²) in [7, 11) is 0.559. The lowest BCUT2D eigenvalue weighted by atomic mass is 10.2. The van der Waals surface area contributed by atoms with E-state index in [0.29, 0.717) is 0 Å². The molecule has 0 amide bonds. The van der Waals surface area contributed by atoms with Crippen LogP contribution in [0.1, 0.15) is 20.8 Å². The van der Waals surface area contributed by atoms with Gasteiger partial charge in [-0.25, -0.2) is 4.79 Å². The summed E-state index contributed by atoms with van der Waals surface area (Å²) in [5.74, 6) is -0.434. The Labute approximate surface area is 110 Å². The van der Waals surface area contributed by atoms with Crippen molar-refractivity contribution in [2.75, 3.05) is 14.2 Å². The van der Waals surface area contributed by atoms with Crippen molar-refractivity contribution >= 4 is 20.0 Å². The van der Waals surface area contributed by atoms with Crippen LogP contribution in [0.15, 0.2) is 17.5 Å². The van der Waals surface area contributed by atoms with Crippen molar-refractivity contribution in [2.45, 2.75) is 38.9 Å². The van der Waals surface area contributed by atoms with Crippen molar-refractivity contribution in [3.8, 4) is 0 Å². The van der Waals surface area contributed by atoms with Crippen LogP contribution in [0.25, 0.3) is 0 Å². The maximum absolute atomic E-state index is 11.5. The fourth-order valence-corrected chi connectivity index (χ4v) is 1.92. The van der Waals surface area contributed by atoms with Gasteiger partial charge in [-0.05, 0) is 18.1 Å². The fourth-order valence-electron chi connectivity index (χ4n) is 0.899. The van der Waals surface area contributed by atoms with Gasteiger partial charge in [0.05, 0.1) is 7.11 Å². The lowest BCUT2D eigenvalue weighted by Gasteiger charge is -2.36. The maximum Gasteiger partial charge on any atom is 0.363 e. The average Bonchev–Trinajstić information content (AvgIpc) is 2.22. The maximum atomic E-state index is 11.5. The van der Waals surface area contributed by atoms with Crippen LogP contribution < -0.4 is 0 Å². The summed E-state index contributed by atoms with van der Waals surface area (Å²) in [6.45, 7) is 14.1. The van der Waals surface area contributed by atoms with E-state index in [1.54, 1.807) is 0 Å². The van der Waals surface area contributed by atoms with Crippen molar-refractivity contribution in [3.05, 3.63) is 12.3 Å². The van der Waals surface area contributed by atoms with E-state index < -0.39 is 14.3 Å². The molecule has 0 aromatic carbocycles. The van der Waals surface area contributed by atoms with E-state index in [1.807, 2.05) is 0 Å². The van der Waals surface area contributed by atoms with Crippen molar-refractivity contribution in [1.29, 1.82) is 0 Å². The van der Waals surface area contributed by atoms with Gasteiger partial charge in [0, 0.05) is 0 Å². The zero-order valence-corrected chi connectivity index (χ0v) is 13.3. The van der Waals surface area contributed by atoms with Gasteiger partial charge in [0.15, 0.2) is 0 Å². The molecule has 104 valence electrons. The van der Waals surface area contributed by atoms with Crippen LogP contribution in [0.5, 0.6) is 0 Å². The van der Waals surface area contributed by atoms with Gasteiger partial charge in [0.2, 0.25) is 5.71 Å². The molecule has 0 aliphatic rings. The van der Waals surface area contributed by atoms with E-state index >= 15 is 0 Å². The molecule has 6 heteroatoms. The summed E-state index contributed by atoms with van der Waals surface area (Å²) in [6.07, 6.45) is 0. The number of oxime groups is 1. The molecule has 5 nitrogen and oxygen atoms in total. The first kappa shape index (κ1) is 16.7. The molecule has 0 rings (SSSR count). The molecule has 0 heterocycles. The Morgan fingerprint density at radius 2 is 1.72 bits per heavy atom. The highest BCUT2D eigenvalue weighted by Crippen LogP contribution is 2.37. The van der Waals surface area contributed by atoms with Gasteiger partial charge in [0.1, 0.15) is 12.9 Å². The number of carbonyl (C=O) groups excluding carboxylic acids is 1. The Morgan fingerprint density at radius 3 is 2.06 bits per heavy atom. The molecular formula is C12H23NO4Si. The largest absolute Gasteiger partial charge is 0.542 e. The van der Waals surface area contributed by atoms with E-state index in [2.05, 4.69) is 55.2 Å². The molecule has 0 saturated carbocycles. The van der Waals surface area contributed by atoms with Gasteiger partial charge in [0.25, 0.3) is 8.32 Å². The molecule has 18 heavy (non-hydrogen) atoms. The van der Waals surface area contributed by atoms with Crippen LogP contribution in [0.3, 0.4) is 0 Å². The quantitative estimate of drug-likeness (QED) is 0.254. The monoisotopic (exact) mass is 273 g/mol. The number of carbonyl (C=O) groups is 1. The summed E-state index contributed by atoms with van der Waals surface area (Å²) >= 11 is 0. The molecule has 0 aliphatic carbocycles. The third-order valence-corrected chi connectivity index (χ3v) is 7.38. The molecule has 0 aliphatic heterocycles. The Bertz CT molecular complexity index is 356. The first-order valence-corrected chi connectivity index (χ1v) is 8.55. The first-order valence-electron chi connectivity index (χ1n) is 5.64. The van der Waals surface area contributed by atoms with Gasteiger partial charge >= 0.3 is 5.97 Å². The molecule has 0 aromatic rings. The summed E-state index contributed by atoms with van der Waals surface area (Å²) < 4.78 is 10.5. The van der Waals surface area contributed by atoms with E-state index in [1.165, 1.54) is 14.2 Å². The molecule has 0 saturated heterocycles. The molecule has 0 radical (unpaired) electrons. The molecule has 0 spiro atoms. The molecule has 0 fully saturated rings. The zero-order chi connectivity index (χ0) is 14.6. The van der Waals surface area contributed by atoms with E-state index in [9.17, 15) is 4.79 Å². The summed E-state index contributed by atoms with van der Waals surface area (Å²) in [5, 5.41) is 3.61. The van der Waals surface area contributed by atoms with Crippen LogP contribution in [0.4, 0.5) is 0 Å². The third-order valence-electron chi connectivity index (χ3n) is 3.01. The number of hydrogen-bond donors (Lipinski definition) is 0. The van der Waals surface area contributed by atoms with E-state index in [0.717, 1.165) is 0 Å². The number of hydrogen-bond acceptors (Lipinski definition) is 5. The third kappa shape index (κ3) is 4.18. The van der Waals surface area contributed by atoms with Gasteiger partial charge in [-0.3, -0.25) is 0 Å². The van der Waals surface area contributed by atoms with Crippen molar-refractivity contribution in [1.82, 2.24) is 0 Å². The van der Waals surface area contributed by atoms with Crippen LogP contribution in [-0.4, -0.2) is 34.2 Å². The van der Waals surface area contributed by atoms with E-state index in [4.69, 9.17) is 4.43 Å². The minimum atomic E-state index is -2.06. The molecule has 0 atom stereocenters. The van der Waals surface area contributed by atoms with Crippen LogP contribution >= 0.6 is 0 Å². The first-order chi connectivity index (χ1) is 8.06. The van der Waals surface area contributed by atoms with Crippen LogP contribution in [-0.2, 0) is 18.8 Å². The molecular weight excluding hydrogens is 250 g/mol. The average molecular weight is 273 g/mol. The summed E-state index contributed by atoms with van der Waals surface area (Å²) in [6, 6.07) is 0. The van der Waals surface area contributed by atoms with Gasteiger partial charge in [-0.15, -0.1) is 0 Å². The molecule has 0 aromatic heterocycles. The number of rotatable bonds is 5. The SMILES string of the molecule is C=C(O[Si](C)(C)C(C)(C)C)C(=NOC)C(=O)OC.